The van der Waals surface area contributed by atoms with Gasteiger partial charge in [-0.25, -0.2) is 4.98 Å². The van der Waals surface area contributed by atoms with Gasteiger partial charge in [-0.2, -0.15) is 0 Å². The number of carbonyl (C=O) groups is 1. The highest BCUT2D eigenvalue weighted by atomic mass is 19.4. The Morgan fingerprint density at radius 1 is 1.45 bits per heavy atom. The van der Waals surface area contributed by atoms with Crippen LogP contribution < -0.4 is 16.2 Å². The number of rotatable bonds is 5. The van der Waals surface area contributed by atoms with Crippen molar-refractivity contribution in [2.75, 3.05) is 12.3 Å². The van der Waals surface area contributed by atoms with Gasteiger partial charge in [-0.1, -0.05) is 0 Å². The maximum absolute atomic E-state index is 12.3. The summed E-state index contributed by atoms with van der Waals surface area (Å²) >= 11 is 0. The second kappa shape index (κ2) is 6.42. The van der Waals surface area contributed by atoms with Crippen LogP contribution in [0.1, 0.15) is 18.2 Å². The van der Waals surface area contributed by atoms with Gasteiger partial charge in [-0.15, -0.1) is 13.2 Å². The fourth-order valence-electron chi connectivity index (χ4n) is 1.49. The van der Waals surface area contributed by atoms with Crippen molar-refractivity contribution in [2.24, 2.45) is 5.73 Å². The van der Waals surface area contributed by atoms with Gasteiger partial charge in [-0.3, -0.25) is 4.79 Å². The van der Waals surface area contributed by atoms with Gasteiger partial charge < -0.3 is 20.9 Å². The molecule has 0 bridgehead atoms. The molecule has 1 heterocycles. The van der Waals surface area contributed by atoms with E-state index >= 15 is 0 Å². The second-order valence-corrected chi connectivity index (χ2v) is 3.71. The normalized spacial score (nSPS) is 11.2. The molecule has 1 rings (SSSR count). The Kier molecular flexibility index (Phi) is 5.14. The molecule has 112 valence electrons. The van der Waals surface area contributed by atoms with E-state index in [1.807, 2.05) is 0 Å². The Bertz CT molecular complexity index is 492. The van der Waals surface area contributed by atoms with Crippen molar-refractivity contribution >= 4 is 11.8 Å². The molecule has 0 saturated carbocycles. The smallest absolute Gasteiger partial charge is 0.466 e. The monoisotopic (exact) mass is 293 g/mol. The van der Waals surface area contributed by atoms with Crippen LogP contribution in [0.15, 0.2) is 6.07 Å². The first-order chi connectivity index (χ1) is 9.26. The van der Waals surface area contributed by atoms with Crippen molar-refractivity contribution in [3.8, 4) is 5.75 Å². The average Bonchev–Trinajstić information content (AvgIpc) is 2.26. The third-order valence-electron chi connectivity index (χ3n) is 2.23. The molecule has 6 nitrogen and oxygen atoms in total. The summed E-state index contributed by atoms with van der Waals surface area (Å²) in [5.41, 5.74) is 10.8. The summed E-state index contributed by atoms with van der Waals surface area (Å²) in [5.74, 6) is -1.40. The number of nitrogens with two attached hydrogens (primary N) is 2. The van der Waals surface area contributed by atoms with E-state index in [4.69, 9.17) is 11.5 Å². The van der Waals surface area contributed by atoms with Gasteiger partial charge in [0, 0.05) is 12.6 Å². The number of pyridine rings is 1. The SMILES string of the molecule is CCOC(=O)Cc1cc(OC(F)(F)F)c(CN)c(N)n1. The summed E-state index contributed by atoms with van der Waals surface area (Å²) < 4.78 is 45.4. The van der Waals surface area contributed by atoms with E-state index in [1.54, 1.807) is 6.92 Å². The molecule has 0 atom stereocenters. The third-order valence-corrected chi connectivity index (χ3v) is 2.23. The van der Waals surface area contributed by atoms with Gasteiger partial charge in [-0.05, 0) is 6.92 Å². The number of hydrogen-bond donors (Lipinski definition) is 2. The van der Waals surface area contributed by atoms with Crippen molar-refractivity contribution in [1.82, 2.24) is 4.98 Å². The summed E-state index contributed by atoms with van der Waals surface area (Å²) in [6, 6.07) is 0.975. The van der Waals surface area contributed by atoms with E-state index < -0.39 is 18.1 Å². The summed E-state index contributed by atoms with van der Waals surface area (Å²) in [6.07, 6.45) is -5.20. The molecule has 9 heteroatoms. The summed E-state index contributed by atoms with van der Waals surface area (Å²) in [4.78, 5) is 15.1. The summed E-state index contributed by atoms with van der Waals surface area (Å²) in [6.45, 7) is 1.49. The molecule has 0 aliphatic carbocycles. The van der Waals surface area contributed by atoms with Crippen molar-refractivity contribution in [3.63, 3.8) is 0 Å². The van der Waals surface area contributed by atoms with E-state index in [0.717, 1.165) is 6.07 Å². The maximum atomic E-state index is 12.3. The zero-order valence-electron chi connectivity index (χ0n) is 10.7. The van der Waals surface area contributed by atoms with Crippen LogP contribution in [0.5, 0.6) is 5.75 Å². The number of ether oxygens (including phenoxy) is 2. The highest BCUT2D eigenvalue weighted by Crippen LogP contribution is 2.29. The first kappa shape index (κ1) is 16.0. The van der Waals surface area contributed by atoms with Gasteiger partial charge in [0.1, 0.15) is 11.6 Å². The summed E-state index contributed by atoms with van der Waals surface area (Å²) in [5, 5.41) is 0. The number of nitrogens with zero attached hydrogens (tertiary/aromatic N) is 1. The zero-order valence-corrected chi connectivity index (χ0v) is 10.7. The molecule has 0 spiro atoms. The highest BCUT2D eigenvalue weighted by molar-refractivity contribution is 5.72. The Hall–Kier alpha value is -2.03. The second-order valence-electron chi connectivity index (χ2n) is 3.71. The molecular formula is C11H14F3N3O3. The molecule has 0 aromatic carbocycles. The molecule has 20 heavy (non-hydrogen) atoms. The molecule has 0 amide bonds. The first-order valence-electron chi connectivity index (χ1n) is 5.66. The van der Waals surface area contributed by atoms with Crippen LogP contribution in [0.3, 0.4) is 0 Å². The molecule has 1 aromatic heterocycles. The number of anilines is 1. The Balaban J connectivity index is 3.07. The van der Waals surface area contributed by atoms with Crippen molar-refractivity contribution < 1.29 is 27.4 Å². The lowest BCUT2D eigenvalue weighted by molar-refractivity contribution is -0.274. The number of halogens is 3. The van der Waals surface area contributed by atoms with E-state index in [1.165, 1.54) is 0 Å². The lowest BCUT2D eigenvalue weighted by Crippen LogP contribution is -2.20. The minimum absolute atomic E-state index is 0.0115. The van der Waals surface area contributed by atoms with Crippen LogP contribution in [0.25, 0.3) is 0 Å². The molecule has 0 aliphatic rings. The minimum Gasteiger partial charge on any atom is -0.466 e. The van der Waals surface area contributed by atoms with E-state index in [2.05, 4.69) is 14.5 Å². The largest absolute Gasteiger partial charge is 0.573 e. The lowest BCUT2D eigenvalue weighted by atomic mass is 10.2. The molecule has 0 saturated heterocycles. The number of aromatic nitrogens is 1. The van der Waals surface area contributed by atoms with E-state index in [9.17, 15) is 18.0 Å². The van der Waals surface area contributed by atoms with Gasteiger partial charge in [0.05, 0.1) is 24.3 Å². The highest BCUT2D eigenvalue weighted by Gasteiger charge is 2.32. The lowest BCUT2D eigenvalue weighted by Gasteiger charge is -2.15. The third kappa shape index (κ3) is 4.57. The number of nitrogen functional groups attached to an aromatic ring is 1. The molecule has 0 radical (unpaired) electrons. The molecule has 4 N–H and O–H groups in total. The van der Waals surface area contributed by atoms with Gasteiger partial charge in [0.15, 0.2) is 0 Å². The summed E-state index contributed by atoms with van der Waals surface area (Å²) in [7, 11) is 0. The van der Waals surface area contributed by atoms with E-state index in [-0.39, 0.29) is 36.6 Å². The quantitative estimate of drug-likeness (QED) is 0.789. The number of hydrogen-bond acceptors (Lipinski definition) is 6. The minimum atomic E-state index is -4.89. The van der Waals surface area contributed by atoms with Crippen LogP contribution in [0.4, 0.5) is 19.0 Å². The molecular weight excluding hydrogens is 279 g/mol. The van der Waals surface area contributed by atoms with Crippen LogP contribution in [0.2, 0.25) is 0 Å². The fourth-order valence-corrected chi connectivity index (χ4v) is 1.49. The zero-order chi connectivity index (χ0) is 15.3. The van der Waals surface area contributed by atoms with Gasteiger partial charge >= 0.3 is 12.3 Å². The van der Waals surface area contributed by atoms with Crippen LogP contribution in [-0.4, -0.2) is 23.9 Å². The fraction of sp³-hybridized carbons (Fsp3) is 0.455. The first-order valence-corrected chi connectivity index (χ1v) is 5.66. The number of esters is 1. The van der Waals surface area contributed by atoms with Crippen molar-refractivity contribution in [3.05, 3.63) is 17.3 Å². The molecule has 1 aromatic rings. The molecule has 0 unspecified atom stereocenters. The predicted molar refractivity (Wildman–Crippen MR) is 63.6 cm³/mol. The van der Waals surface area contributed by atoms with Gasteiger partial charge in [0.25, 0.3) is 0 Å². The average molecular weight is 293 g/mol. The van der Waals surface area contributed by atoms with Crippen LogP contribution in [-0.2, 0) is 22.5 Å². The van der Waals surface area contributed by atoms with Gasteiger partial charge in [0.2, 0.25) is 0 Å². The Morgan fingerprint density at radius 3 is 2.60 bits per heavy atom. The Labute approximate surface area is 112 Å². The number of carbonyl (C=O) groups excluding carboxylic acids is 1. The predicted octanol–water partition coefficient (Wildman–Crippen LogP) is 1.13. The van der Waals surface area contributed by atoms with Crippen LogP contribution in [0, 0.1) is 0 Å². The Morgan fingerprint density at radius 2 is 2.10 bits per heavy atom. The topological polar surface area (TPSA) is 100 Å². The maximum Gasteiger partial charge on any atom is 0.573 e. The standard InChI is InChI=1S/C11H14F3N3O3/c1-2-19-9(18)4-6-3-8(20-11(12,13)14)7(5-15)10(16)17-6/h3H,2,4-5,15H2,1H3,(H2,16,17). The van der Waals surface area contributed by atoms with Crippen molar-refractivity contribution in [1.29, 1.82) is 0 Å². The molecule has 0 aliphatic heterocycles. The molecule has 0 fully saturated rings. The number of alkyl halides is 3. The van der Waals surface area contributed by atoms with E-state index in [0.29, 0.717) is 0 Å². The van der Waals surface area contributed by atoms with Crippen molar-refractivity contribution in [2.45, 2.75) is 26.3 Å². The van der Waals surface area contributed by atoms with Crippen LogP contribution >= 0.6 is 0 Å².